The van der Waals surface area contributed by atoms with Crippen LogP contribution in [0.4, 0.5) is 11.6 Å². The van der Waals surface area contributed by atoms with Crippen molar-refractivity contribution in [2.75, 3.05) is 36.0 Å². The average molecular weight is 365 g/mol. The van der Waals surface area contributed by atoms with E-state index in [2.05, 4.69) is 44.8 Å². The van der Waals surface area contributed by atoms with E-state index in [1.807, 2.05) is 10.6 Å². The number of hydrogen-bond acceptors (Lipinski definition) is 6. The Morgan fingerprint density at radius 3 is 2.56 bits per heavy atom. The molecule has 1 amide bonds. The molecule has 3 aromatic heterocycles. The number of primary amides is 1. The van der Waals surface area contributed by atoms with E-state index in [0.717, 1.165) is 43.3 Å². The van der Waals surface area contributed by atoms with Crippen LogP contribution in [0.3, 0.4) is 0 Å². The Hall–Kier alpha value is -3.16. The number of nitrogens with zero attached hydrogens (tertiary/aromatic N) is 6. The Morgan fingerprint density at radius 2 is 1.85 bits per heavy atom. The summed E-state index contributed by atoms with van der Waals surface area (Å²) in [6.45, 7) is 7.38. The molecular weight excluding hydrogens is 342 g/mol. The molecule has 8 heteroatoms. The third-order valence-electron chi connectivity index (χ3n) is 4.91. The Morgan fingerprint density at radius 1 is 1.11 bits per heavy atom. The Bertz CT molecular complexity index is 973. The fourth-order valence-corrected chi connectivity index (χ4v) is 3.43. The van der Waals surface area contributed by atoms with E-state index in [4.69, 9.17) is 5.73 Å². The van der Waals surface area contributed by atoms with Gasteiger partial charge in [-0.3, -0.25) is 4.79 Å². The second-order valence-electron chi connectivity index (χ2n) is 7.01. The van der Waals surface area contributed by atoms with Gasteiger partial charge in [0.15, 0.2) is 5.65 Å². The van der Waals surface area contributed by atoms with E-state index in [-0.39, 0.29) is 0 Å². The van der Waals surface area contributed by atoms with Crippen molar-refractivity contribution in [2.45, 2.75) is 19.8 Å². The topological polar surface area (TPSA) is 92.7 Å². The second-order valence-corrected chi connectivity index (χ2v) is 7.01. The van der Waals surface area contributed by atoms with Crippen LogP contribution in [0.5, 0.6) is 0 Å². The van der Waals surface area contributed by atoms with Gasteiger partial charge in [-0.2, -0.15) is 9.61 Å². The minimum absolute atomic E-state index is 0.344. The molecule has 1 fully saturated rings. The van der Waals surface area contributed by atoms with Gasteiger partial charge in [-0.1, -0.05) is 13.8 Å². The third kappa shape index (κ3) is 3.18. The maximum absolute atomic E-state index is 11.7. The van der Waals surface area contributed by atoms with Gasteiger partial charge in [0.05, 0.1) is 11.8 Å². The summed E-state index contributed by atoms with van der Waals surface area (Å²) in [4.78, 5) is 25.2. The normalized spacial score (nSPS) is 14.9. The van der Waals surface area contributed by atoms with Crippen LogP contribution in [-0.4, -0.2) is 51.7 Å². The van der Waals surface area contributed by atoms with Crippen LogP contribution in [0.2, 0.25) is 0 Å². The number of rotatable bonds is 4. The highest BCUT2D eigenvalue weighted by Gasteiger charge is 2.24. The first-order chi connectivity index (χ1) is 13.0. The lowest BCUT2D eigenvalue weighted by molar-refractivity contribution is 0.100. The molecule has 4 heterocycles. The molecule has 0 radical (unpaired) electrons. The summed E-state index contributed by atoms with van der Waals surface area (Å²) >= 11 is 0. The first-order valence-electron chi connectivity index (χ1n) is 9.14. The number of fused-ring (bicyclic) bond motifs is 1. The van der Waals surface area contributed by atoms with E-state index in [1.165, 1.54) is 0 Å². The molecule has 0 unspecified atom stereocenters. The van der Waals surface area contributed by atoms with Crippen LogP contribution >= 0.6 is 0 Å². The lowest BCUT2D eigenvalue weighted by Gasteiger charge is -2.37. The zero-order chi connectivity index (χ0) is 19.0. The summed E-state index contributed by atoms with van der Waals surface area (Å²) in [6, 6.07) is 7.51. The van der Waals surface area contributed by atoms with Gasteiger partial charge in [-0.25, -0.2) is 9.97 Å². The highest BCUT2D eigenvalue weighted by atomic mass is 16.1. The molecule has 27 heavy (non-hydrogen) atoms. The summed E-state index contributed by atoms with van der Waals surface area (Å²) in [5.41, 5.74) is 7.88. The van der Waals surface area contributed by atoms with Crippen molar-refractivity contribution < 1.29 is 4.79 Å². The van der Waals surface area contributed by atoms with Crippen molar-refractivity contribution in [1.29, 1.82) is 0 Å². The number of amides is 1. The van der Waals surface area contributed by atoms with Gasteiger partial charge in [0, 0.05) is 50.2 Å². The molecule has 0 atom stereocenters. The summed E-state index contributed by atoms with van der Waals surface area (Å²) in [5.74, 6) is 1.60. The van der Waals surface area contributed by atoms with Crippen molar-refractivity contribution in [1.82, 2.24) is 19.6 Å². The minimum Gasteiger partial charge on any atom is -0.365 e. The third-order valence-corrected chi connectivity index (χ3v) is 4.91. The molecule has 0 aliphatic carbocycles. The van der Waals surface area contributed by atoms with Gasteiger partial charge in [-0.05, 0) is 18.1 Å². The Balaban J connectivity index is 1.59. The molecule has 140 valence electrons. The van der Waals surface area contributed by atoms with Gasteiger partial charge in [0.25, 0.3) is 5.91 Å². The predicted octanol–water partition coefficient (Wildman–Crippen LogP) is 1.67. The minimum atomic E-state index is -0.450. The SMILES string of the molecule is CC(C)c1cc(N2CCN(c3ncccc3C(N)=O)CC2)n2nccc2n1. The smallest absolute Gasteiger partial charge is 0.252 e. The zero-order valence-electron chi connectivity index (χ0n) is 15.5. The van der Waals surface area contributed by atoms with Crippen LogP contribution in [0, 0.1) is 0 Å². The van der Waals surface area contributed by atoms with E-state index >= 15 is 0 Å². The number of aromatic nitrogens is 4. The van der Waals surface area contributed by atoms with Crippen molar-refractivity contribution >= 4 is 23.2 Å². The highest BCUT2D eigenvalue weighted by molar-refractivity contribution is 5.97. The highest BCUT2D eigenvalue weighted by Crippen LogP contribution is 2.24. The lowest BCUT2D eigenvalue weighted by atomic mass is 10.1. The Labute approximate surface area is 157 Å². The first kappa shape index (κ1) is 17.3. The van der Waals surface area contributed by atoms with Gasteiger partial charge in [0.1, 0.15) is 11.6 Å². The zero-order valence-corrected chi connectivity index (χ0v) is 15.5. The number of piperazine rings is 1. The molecule has 4 rings (SSSR count). The summed E-state index contributed by atoms with van der Waals surface area (Å²) in [5, 5.41) is 4.43. The number of nitrogens with two attached hydrogens (primary N) is 1. The molecule has 0 bridgehead atoms. The molecular formula is C19H23N7O. The van der Waals surface area contributed by atoms with Gasteiger partial charge >= 0.3 is 0 Å². The van der Waals surface area contributed by atoms with E-state index in [0.29, 0.717) is 17.3 Å². The fourth-order valence-electron chi connectivity index (χ4n) is 3.43. The van der Waals surface area contributed by atoms with Crippen LogP contribution in [-0.2, 0) is 0 Å². The van der Waals surface area contributed by atoms with Gasteiger partial charge < -0.3 is 15.5 Å². The van der Waals surface area contributed by atoms with Crippen LogP contribution in [0.15, 0.2) is 36.7 Å². The van der Waals surface area contributed by atoms with Gasteiger partial charge in [-0.15, -0.1) is 0 Å². The monoisotopic (exact) mass is 365 g/mol. The van der Waals surface area contributed by atoms with Gasteiger partial charge in [0.2, 0.25) is 0 Å². The van der Waals surface area contributed by atoms with Crippen LogP contribution < -0.4 is 15.5 Å². The van der Waals surface area contributed by atoms with E-state index < -0.39 is 5.91 Å². The van der Waals surface area contributed by atoms with Crippen molar-refractivity contribution in [2.24, 2.45) is 5.73 Å². The first-order valence-corrected chi connectivity index (χ1v) is 9.14. The maximum Gasteiger partial charge on any atom is 0.252 e. The molecule has 1 aliphatic heterocycles. The number of carbonyl (C=O) groups excluding carboxylic acids is 1. The molecule has 1 aliphatic rings. The standard InChI is InChI=1S/C19H23N7O/c1-13(2)15-12-17(26-16(23-15)5-7-22-26)24-8-10-25(11-9-24)19-14(18(20)27)4-3-6-21-19/h3-7,12-13H,8-11H2,1-2H3,(H2,20,27). The number of hydrogen-bond donors (Lipinski definition) is 1. The van der Waals surface area contributed by atoms with Crippen LogP contribution in [0.1, 0.15) is 35.8 Å². The van der Waals surface area contributed by atoms with Crippen molar-refractivity contribution in [3.63, 3.8) is 0 Å². The fraction of sp³-hybridized carbons (Fsp3) is 0.368. The molecule has 2 N–H and O–H groups in total. The van der Waals surface area contributed by atoms with Crippen molar-refractivity contribution in [3.05, 3.63) is 47.9 Å². The molecule has 1 saturated heterocycles. The van der Waals surface area contributed by atoms with Crippen LogP contribution in [0.25, 0.3) is 5.65 Å². The molecule has 0 aromatic carbocycles. The van der Waals surface area contributed by atoms with E-state index in [1.54, 1.807) is 24.5 Å². The number of carbonyl (C=O) groups is 1. The maximum atomic E-state index is 11.7. The lowest BCUT2D eigenvalue weighted by Crippen LogP contribution is -2.48. The van der Waals surface area contributed by atoms with Crippen molar-refractivity contribution in [3.8, 4) is 0 Å². The number of pyridine rings is 1. The molecule has 0 spiro atoms. The second kappa shape index (κ2) is 6.86. The largest absolute Gasteiger partial charge is 0.365 e. The molecule has 0 saturated carbocycles. The average Bonchev–Trinajstić information content (AvgIpc) is 3.16. The summed E-state index contributed by atoms with van der Waals surface area (Å²) < 4.78 is 1.89. The summed E-state index contributed by atoms with van der Waals surface area (Å²) in [7, 11) is 0. The Kier molecular flexibility index (Phi) is 4.39. The number of anilines is 2. The molecule has 8 nitrogen and oxygen atoms in total. The molecule has 3 aromatic rings. The predicted molar refractivity (Wildman–Crippen MR) is 104 cm³/mol. The quantitative estimate of drug-likeness (QED) is 0.756. The van der Waals surface area contributed by atoms with E-state index in [9.17, 15) is 4.79 Å². The summed E-state index contributed by atoms with van der Waals surface area (Å²) in [6.07, 6.45) is 3.47.